The Labute approximate surface area is 129 Å². The van der Waals surface area contributed by atoms with E-state index < -0.39 is 11.2 Å². The summed E-state index contributed by atoms with van der Waals surface area (Å²) in [5, 5.41) is 0.431. The molecular weight excluding hydrogens is 299 g/mol. The lowest BCUT2D eigenvalue weighted by Crippen LogP contribution is -2.58. The first-order valence-corrected chi connectivity index (χ1v) is 7.16. The van der Waals surface area contributed by atoms with Crippen LogP contribution in [-0.2, 0) is 4.74 Å². The summed E-state index contributed by atoms with van der Waals surface area (Å²) in [6.07, 6.45) is 0. The molecule has 1 aliphatic heterocycles. The van der Waals surface area contributed by atoms with Gasteiger partial charge in [0.05, 0.1) is 11.2 Å². The highest BCUT2D eigenvalue weighted by Crippen LogP contribution is 2.29. The number of halogens is 2. The molecule has 1 aliphatic rings. The van der Waals surface area contributed by atoms with E-state index in [-0.39, 0.29) is 16.2 Å². The van der Waals surface area contributed by atoms with Crippen LogP contribution in [0.4, 0.5) is 0 Å². The molecule has 4 nitrogen and oxygen atoms in total. The fourth-order valence-corrected chi connectivity index (χ4v) is 3.16. The number of carbonyl (C=O) groups is 1. The summed E-state index contributed by atoms with van der Waals surface area (Å²) in [5.74, 6) is -0.111. The summed E-state index contributed by atoms with van der Waals surface area (Å²) in [7, 11) is 0. The van der Waals surface area contributed by atoms with Gasteiger partial charge in [-0.15, -0.1) is 0 Å². The Morgan fingerprint density at radius 1 is 1.15 bits per heavy atom. The molecule has 0 aliphatic carbocycles. The lowest BCUT2D eigenvalue weighted by atomic mass is 9.98. The van der Waals surface area contributed by atoms with Gasteiger partial charge in [-0.3, -0.25) is 4.79 Å². The van der Waals surface area contributed by atoms with Crippen molar-refractivity contribution in [2.45, 2.75) is 38.9 Å². The van der Waals surface area contributed by atoms with Crippen molar-refractivity contribution in [2.75, 3.05) is 13.1 Å². The summed E-state index contributed by atoms with van der Waals surface area (Å²) >= 11 is 11.7. The molecule has 0 radical (unpaired) electrons. The SMILES string of the molecule is CC1(C)CN(C(=O)c2cc(Cl)nc(Cl)c2)CC(C)(C)O1. The van der Waals surface area contributed by atoms with E-state index in [0.29, 0.717) is 18.7 Å². The molecule has 1 aromatic heterocycles. The largest absolute Gasteiger partial charge is 0.366 e. The predicted octanol–water partition coefficient (Wildman–Crippen LogP) is 3.42. The Morgan fingerprint density at radius 2 is 1.60 bits per heavy atom. The molecule has 0 unspecified atom stereocenters. The van der Waals surface area contributed by atoms with Crippen LogP contribution in [-0.4, -0.2) is 40.1 Å². The van der Waals surface area contributed by atoms with Crippen molar-refractivity contribution in [1.82, 2.24) is 9.88 Å². The molecule has 0 saturated carbocycles. The first-order valence-electron chi connectivity index (χ1n) is 6.41. The van der Waals surface area contributed by atoms with E-state index in [9.17, 15) is 4.79 Å². The van der Waals surface area contributed by atoms with Gasteiger partial charge in [0, 0.05) is 18.7 Å². The summed E-state index contributed by atoms with van der Waals surface area (Å²) in [4.78, 5) is 18.2. The molecule has 1 aromatic rings. The van der Waals surface area contributed by atoms with Gasteiger partial charge in [-0.05, 0) is 39.8 Å². The van der Waals surface area contributed by atoms with Crippen LogP contribution in [0.15, 0.2) is 12.1 Å². The van der Waals surface area contributed by atoms with Gasteiger partial charge >= 0.3 is 0 Å². The van der Waals surface area contributed by atoms with E-state index in [4.69, 9.17) is 27.9 Å². The Kier molecular flexibility index (Phi) is 4.02. The third-order valence-corrected chi connectivity index (χ3v) is 3.38. The summed E-state index contributed by atoms with van der Waals surface area (Å²) < 4.78 is 5.97. The van der Waals surface area contributed by atoms with Gasteiger partial charge in [0.25, 0.3) is 5.91 Å². The normalized spacial score (nSPS) is 20.8. The molecule has 2 rings (SSSR count). The van der Waals surface area contributed by atoms with Gasteiger partial charge < -0.3 is 9.64 Å². The highest BCUT2D eigenvalue weighted by molar-refractivity contribution is 6.33. The molecular formula is C14H18Cl2N2O2. The van der Waals surface area contributed by atoms with Crippen molar-refractivity contribution >= 4 is 29.1 Å². The maximum absolute atomic E-state index is 12.6. The van der Waals surface area contributed by atoms with Crippen LogP contribution in [0.5, 0.6) is 0 Å². The maximum atomic E-state index is 12.6. The van der Waals surface area contributed by atoms with E-state index in [2.05, 4.69) is 4.98 Å². The standard InChI is InChI=1S/C14H18Cl2N2O2/c1-13(2)7-18(8-14(3,4)20-13)12(19)9-5-10(15)17-11(16)6-9/h5-6H,7-8H2,1-4H3. The monoisotopic (exact) mass is 316 g/mol. The minimum atomic E-state index is -0.391. The molecule has 2 heterocycles. The Bertz CT molecular complexity index is 508. The fraction of sp³-hybridized carbons (Fsp3) is 0.571. The van der Waals surface area contributed by atoms with Crippen LogP contribution in [0.2, 0.25) is 10.3 Å². The molecule has 0 spiro atoms. The number of carbonyl (C=O) groups excluding carboxylic acids is 1. The van der Waals surface area contributed by atoms with Gasteiger partial charge in [0.15, 0.2) is 0 Å². The smallest absolute Gasteiger partial charge is 0.254 e. The zero-order valence-electron chi connectivity index (χ0n) is 12.0. The van der Waals surface area contributed by atoms with Gasteiger partial charge in [0.1, 0.15) is 10.3 Å². The highest BCUT2D eigenvalue weighted by Gasteiger charge is 2.40. The molecule has 1 saturated heterocycles. The molecule has 0 aromatic carbocycles. The first kappa shape index (κ1) is 15.5. The van der Waals surface area contributed by atoms with Gasteiger partial charge in [-0.1, -0.05) is 23.2 Å². The van der Waals surface area contributed by atoms with Crippen molar-refractivity contribution in [2.24, 2.45) is 0 Å². The molecule has 1 amide bonds. The minimum Gasteiger partial charge on any atom is -0.366 e. The fourth-order valence-electron chi connectivity index (χ4n) is 2.70. The first-order chi connectivity index (χ1) is 9.08. The van der Waals surface area contributed by atoms with Crippen LogP contribution in [0.25, 0.3) is 0 Å². The van der Waals surface area contributed by atoms with Crippen LogP contribution in [0.3, 0.4) is 0 Å². The molecule has 110 valence electrons. The van der Waals surface area contributed by atoms with Crippen molar-refractivity contribution in [1.29, 1.82) is 0 Å². The maximum Gasteiger partial charge on any atom is 0.254 e. The zero-order chi connectivity index (χ0) is 15.1. The summed E-state index contributed by atoms with van der Waals surface area (Å²) in [6.45, 7) is 8.93. The van der Waals surface area contributed by atoms with Crippen molar-refractivity contribution in [3.63, 3.8) is 0 Å². The molecule has 0 bridgehead atoms. The molecule has 1 fully saturated rings. The zero-order valence-corrected chi connectivity index (χ0v) is 13.5. The van der Waals surface area contributed by atoms with Crippen molar-refractivity contribution in [3.05, 3.63) is 28.0 Å². The predicted molar refractivity (Wildman–Crippen MR) is 79.4 cm³/mol. The third-order valence-electron chi connectivity index (χ3n) is 2.99. The average Bonchev–Trinajstić information content (AvgIpc) is 2.22. The highest BCUT2D eigenvalue weighted by atomic mass is 35.5. The second-order valence-corrected chi connectivity index (χ2v) is 7.06. The van der Waals surface area contributed by atoms with E-state index in [0.717, 1.165) is 0 Å². The molecule has 20 heavy (non-hydrogen) atoms. The molecule has 6 heteroatoms. The molecule has 0 N–H and O–H groups in total. The van der Waals surface area contributed by atoms with E-state index in [1.165, 1.54) is 12.1 Å². The van der Waals surface area contributed by atoms with E-state index in [1.54, 1.807) is 4.90 Å². The van der Waals surface area contributed by atoms with Crippen LogP contribution >= 0.6 is 23.2 Å². The van der Waals surface area contributed by atoms with Crippen LogP contribution < -0.4 is 0 Å². The number of aromatic nitrogens is 1. The Balaban J connectivity index is 2.28. The van der Waals surface area contributed by atoms with E-state index >= 15 is 0 Å². The minimum absolute atomic E-state index is 0.111. The van der Waals surface area contributed by atoms with Gasteiger partial charge in [0.2, 0.25) is 0 Å². The Morgan fingerprint density at radius 3 is 2.05 bits per heavy atom. The van der Waals surface area contributed by atoms with Crippen molar-refractivity contribution in [3.8, 4) is 0 Å². The Hall–Kier alpha value is -0.840. The second kappa shape index (κ2) is 5.17. The number of morpholine rings is 1. The average molecular weight is 317 g/mol. The summed E-state index contributed by atoms with van der Waals surface area (Å²) in [5.41, 5.74) is -0.334. The van der Waals surface area contributed by atoms with Gasteiger partial charge in [-0.25, -0.2) is 4.98 Å². The molecule has 0 atom stereocenters. The lowest BCUT2D eigenvalue weighted by molar-refractivity contribution is -0.171. The quantitative estimate of drug-likeness (QED) is 0.745. The van der Waals surface area contributed by atoms with Gasteiger partial charge in [-0.2, -0.15) is 0 Å². The topological polar surface area (TPSA) is 42.4 Å². The number of pyridine rings is 1. The lowest BCUT2D eigenvalue weighted by Gasteiger charge is -2.47. The number of hydrogen-bond acceptors (Lipinski definition) is 3. The number of hydrogen-bond donors (Lipinski definition) is 0. The summed E-state index contributed by atoms with van der Waals surface area (Å²) in [6, 6.07) is 3.07. The number of amides is 1. The number of rotatable bonds is 1. The van der Waals surface area contributed by atoms with Crippen molar-refractivity contribution < 1.29 is 9.53 Å². The third kappa shape index (κ3) is 3.62. The van der Waals surface area contributed by atoms with Crippen LogP contribution in [0, 0.1) is 0 Å². The van der Waals surface area contributed by atoms with E-state index in [1.807, 2.05) is 27.7 Å². The second-order valence-electron chi connectivity index (χ2n) is 6.28. The van der Waals surface area contributed by atoms with Crippen LogP contribution in [0.1, 0.15) is 38.1 Å². The number of nitrogens with zero attached hydrogens (tertiary/aromatic N) is 2. The number of ether oxygens (including phenoxy) is 1.